The van der Waals surface area contributed by atoms with Crippen LogP contribution in [0.1, 0.15) is 33.1 Å². The van der Waals surface area contributed by atoms with Gasteiger partial charge in [0, 0.05) is 24.9 Å². The zero-order valence-electron chi connectivity index (χ0n) is 10.3. The molecule has 0 aromatic rings. The van der Waals surface area contributed by atoms with Gasteiger partial charge in [0.2, 0.25) is 0 Å². The molecule has 1 atom stereocenters. The summed E-state index contributed by atoms with van der Waals surface area (Å²) < 4.78 is 0. The molecule has 1 heterocycles. The van der Waals surface area contributed by atoms with Gasteiger partial charge < -0.3 is 5.32 Å². The first kappa shape index (κ1) is 13.3. The summed E-state index contributed by atoms with van der Waals surface area (Å²) in [6.07, 6.45) is 4.04. The molecule has 0 amide bonds. The van der Waals surface area contributed by atoms with Crippen LogP contribution in [0, 0.1) is 0 Å². The van der Waals surface area contributed by atoms with E-state index in [9.17, 15) is 0 Å². The molecule has 3 heteroatoms. The lowest BCUT2D eigenvalue weighted by Gasteiger charge is -2.24. The first-order valence-corrected chi connectivity index (χ1v) is 7.56. The largest absolute Gasteiger partial charge is 0.315 e. The normalized spacial score (nSPS) is 22.4. The molecular weight excluding hydrogens is 204 g/mol. The highest BCUT2D eigenvalue weighted by atomic mass is 32.2. The van der Waals surface area contributed by atoms with E-state index in [2.05, 4.69) is 35.8 Å². The van der Waals surface area contributed by atoms with Gasteiger partial charge in [-0.05, 0) is 38.1 Å². The van der Waals surface area contributed by atoms with Crippen LogP contribution < -0.4 is 5.32 Å². The predicted octanol–water partition coefficient (Wildman–Crippen LogP) is 2.20. The maximum atomic E-state index is 3.55. The minimum atomic E-state index is 0.814. The van der Waals surface area contributed by atoms with E-state index in [0.29, 0.717) is 0 Å². The Labute approximate surface area is 99.2 Å². The van der Waals surface area contributed by atoms with Crippen molar-refractivity contribution in [2.24, 2.45) is 0 Å². The van der Waals surface area contributed by atoms with Gasteiger partial charge in [0.05, 0.1) is 0 Å². The minimum absolute atomic E-state index is 0.814. The average Bonchev–Trinajstić information content (AvgIpc) is 2.67. The van der Waals surface area contributed by atoms with Crippen molar-refractivity contribution in [3.8, 4) is 0 Å². The number of hydrogen-bond acceptors (Lipinski definition) is 3. The van der Waals surface area contributed by atoms with Crippen LogP contribution in [0.25, 0.3) is 0 Å². The fourth-order valence-electron chi connectivity index (χ4n) is 2.19. The fraction of sp³-hybridized carbons (Fsp3) is 1.00. The average molecular weight is 230 g/mol. The maximum Gasteiger partial charge on any atom is 0.0221 e. The van der Waals surface area contributed by atoms with Crippen LogP contribution in [-0.2, 0) is 0 Å². The van der Waals surface area contributed by atoms with Crippen LogP contribution in [0.3, 0.4) is 0 Å². The van der Waals surface area contributed by atoms with E-state index in [1.54, 1.807) is 0 Å². The highest BCUT2D eigenvalue weighted by molar-refractivity contribution is 7.99. The lowest BCUT2D eigenvalue weighted by Crippen LogP contribution is -2.39. The summed E-state index contributed by atoms with van der Waals surface area (Å²) in [6.45, 7) is 9.46. The summed E-state index contributed by atoms with van der Waals surface area (Å²) in [5.74, 6) is 2.56. The van der Waals surface area contributed by atoms with E-state index in [1.807, 2.05) is 0 Å². The lowest BCUT2D eigenvalue weighted by atomic mass is 10.2. The zero-order chi connectivity index (χ0) is 10.9. The van der Waals surface area contributed by atoms with Crippen molar-refractivity contribution in [3.05, 3.63) is 0 Å². The minimum Gasteiger partial charge on any atom is -0.315 e. The molecule has 1 saturated heterocycles. The molecule has 0 radical (unpaired) electrons. The van der Waals surface area contributed by atoms with Crippen LogP contribution >= 0.6 is 11.8 Å². The van der Waals surface area contributed by atoms with Crippen molar-refractivity contribution >= 4 is 11.8 Å². The lowest BCUT2D eigenvalue weighted by molar-refractivity contribution is 0.262. The first-order chi connectivity index (χ1) is 7.38. The Kier molecular flexibility index (Phi) is 7.49. The zero-order valence-corrected chi connectivity index (χ0v) is 11.1. The number of hydrogen-bond donors (Lipinski definition) is 1. The van der Waals surface area contributed by atoms with Crippen LogP contribution in [-0.4, -0.2) is 48.6 Å². The van der Waals surface area contributed by atoms with Crippen LogP contribution in [0.2, 0.25) is 0 Å². The Morgan fingerprint density at radius 2 is 2.27 bits per heavy atom. The number of likely N-dealkylation sites (tertiary alicyclic amines) is 1. The maximum absolute atomic E-state index is 3.55. The highest BCUT2D eigenvalue weighted by Crippen LogP contribution is 2.16. The highest BCUT2D eigenvalue weighted by Gasteiger charge is 2.22. The summed E-state index contributed by atoms with van der Waals surface area (Å²) in [5.41, 5.74) is 0. The molecule has 1 aliphatic heterocycles. The van der Waals surface area contributed by atoms with Crippen LogP contribution in [0.15, 0.2) is 0 Å². The van der Waals surface area contributed by atoms with Gasteiger partial charge in [0.15, 0.2) is 0 Å². The Morgan fingerprint density at radius 3 is 3.00 bits per heavy atom. The Hall–Kier alpha value is 0.270. The summed E-state index contributed by atoms with van der Waals surface area (Å²) in [7, 11) is 0. The van der Waals surface area contributed by atoms with E-state index >= 15 is 0 Å². The van der Waals surface area contributed by atoms with Gasteiger partial charge in [-0.1, -0.05) is 13.8 Å². The summed E-state index contributed by atoms with van der Waals surface area (Å²) in [6, 6.07) is 0.814. The monoisotopic (exact) mass is 230 g/mol. The Balaban J connectivity index is 2.11. The van der Waals surface area contributed by atoms with Crippen molar-refractivity contribution in [3.63, 3.8) is 0 Å². The summed E-state index contributed by atoms with van der Waals surface area (Å²) in [5, 5.41) is 3.55. The molecular formula is C12H26N2S. The smallest absolute Gasteiger partial charge is 0.0221 e. The molecule has 1 N–H and O–H groups in total. The second kappa shape index (κ2) is 8.43. The molecule has 1 fully saturated rings. The van der Waals surface area contributed by atoms with Gasteiger partial charge in [-0.15, -0.1) is 0 Å². The molecule has 1 unspecified atom stereocenters. The SMILES string of the molecule is CCCNCC1CCCN1CCSCC. The predicted molar refractivity (Wildman–Crippen MR) is 70.8 cm³/mol. The molecule has 1 rings (SSSR count). The quantitative estimate of drug-likeness (QED) is 0.644. The number of rotatable bonds is 8. The van der Waals surface area contributed by atoms with Crippen molar-refractivity contribution in [1.29, 1.82) is 0 Å². The van der Waals surface area contributed by atoms with Crippen molar-refractivity contribution in [1.82, 2.24) is 10.2 Å². The molecule has 1 aliphatic rings. The third kappa shape index (κ3) is 5.23. The van der Waals surface area contributed by atoms with Crippen molar-refractivity contribution in [2.45, 2.75) is 39.2 Å². The first-order valence-electron chi connectivity index (χ1n) is 6.41. The standard InChI is InChI=1S/C12H26N2S/c1-3-7-13-11-12-6-5-8-14(12)9-10-15-4-2/h12-13H,3-11H2,1-2H3. The molecule has 0 aliphatic carbocycles. The molecule has 0 bridgehead atoms. The van der Waals surface area contributed by atoms with E-state index < -0.39 is 0 Å². The molecule has 0 aromatic heterocycles. The van der Waals surface area contributed by atoms with E-state index in [0.717, 1.165) is 6.04 Å². The van der Waals surface area contributed by atoms with Crippen molar-refractivity contribution < 1.29 is 0 Å². The van der Waals surface area contributed by atoms with Crippen LogP contribution in [0.5, 0.6) is 0 Å². The third-order valence-corrected chi connectivity index (χ3v) is 3.91. The second-order valence-electron chi connectivity index (χ2n) is 4.23. The number of nitrogens with one attached hydrogen (secondary N) is 1. The molecule has 15 heavy (non-hydrogen) atoms. The van der Waals surface area contributed by atoms with Gasteiger partial charge in [-0.2, -0.15) is 11.8 Å². The van der Waals surface area contributed by atoms with Gasteiger partial charge in [0.1, 0.15) is 0 Å². The van der Waals surface area contributed by atoms with E-state index in [1.165, 1.54) is 56.9 Å². The Bertz CT molecular complexity index is 137. The van der Waals surface area contributed by atoms with Gasteiger partial charge in [0.25, 0.3) is 0 Å². The van der Waals surface area contributed by atoms with Crippen LogP contribution in [0.4, 0.5) is 0 Å². The number of thioether (sulfide) groups is 1. The van der Waals surface area contributed by atoms with E-state index in [4.69, 9.17) is 0 Å². The summed E-state index contributed by atoms with van der Waals surface area (Å²) in [4.78, 5) is 2.67. The molecule has 90 valence electrons. The van der Waals surface area contributed by atoms with Gasteiger partial charge in [-0.3, -0.25) is 4.90 Å². The topological polar surface area (TPSA) is 15.3 Å². The van der Waals surface area contributed by atoms with Gasteiger partial charge >= 0.3 is 0 Å². The van der Waals surface area contributed by atoms with E-state index in [-0.39, 0.29) is 0 Å². The third-order valence-electron chi connectivity index (χ3n) is 3.03. The van der Waals surface area contributed by atoms with Crippen molar-refractivity contribution in [2.75, 3.05) is 37.7 Å². The van der Waals surface area contributed by atoms with Gasteiger partial charge in [-0.25, -0.2) is 0 Å². The molecule has 0 saturated carbocycles. The molecule has 0 spiro atoms. The molecule has 0 aromatic carbocycles. The second-order valence-corrected chi connectivity index (χ2v) is 5.63. The Morgan fingerprint density at radius 1 is 1.40 bits per heavy atom. The summed E-state index contributed by atoms with van der Waals surface area (Å²) >= 11 is 2.06. The number of nitrogens with zero attached hydrogens (tertiary/aromatic N) is 1. The molecule has 2 nitrogen and oxygen atoms in total. The fourth-order valence-corrected chi connectivity index (χ4v) is 2.84.